The van der Waals surface area contributed by atoms with Crippen molar-refractivity contribution in [2.75, 3.05) is 0 Å². The number of hydrogen-bond acceptors (Lipinski definition) is 2. The monoisotopic (exact) mass is 285 g/mol. The van der Waals surface area contributed by atoms with Crippen LogP contribution in [0.4, 0.5) is 0 Å². The third-order valence-electron chi connectivity index (χ3n) is 3.58. The summed E-state index contributed by atoms with van der Waals surface area (Å²) in [5.41, 5.74) is 0. The molecule has 0 radical (unpaired) electrons. The molecule has 0 unspecified atom stereocenters. The molecule has 0 amide bonds. The molecule has 0 saturated heterocycles. The smallest absolute Gasteiger partial charge is 0.169 e. The van der Waals surface area contributed by atoms with E-state index in [1.54, 1.807) is 0 Å². The highest BCUT2D eigenvalue weighted by Crippen LogP contribution is 2.26. The van der Waals surface area contributed by atoms with Gasteiger partial charge >= 0.3 is 0 Å². The van der Waals surface area contributed by atoms with Crippen LogP contribution in [-0.4, -0.2) is 6.04 Å². The Morgan fingerprint density at radius 3 is 2.75 bits per heavy atom. The van der Waals surface area contributed by atoms with Crippen molar-refractivity contribution in [3.8, 4) is 0 Å². The zero-order chi connectivity index (χ0) is 11.4. The molecule has 1 N–H and O–H groups in total. The van der Waals surface area contributed by atoms with Gasteiger partial charge in [0.15, 0.2) is 4.67 Å². The Morgan fingerprint density at radius 2 is 2.12 bits per heavy atom. The molecule has 1 heterocycles. The number of furan rings is 1. The predicted octanol–water partition coefficient (Wildman–Crippen LogP) is 4.10. The van der Waals surface area contributed by atoms with Gasteiger partial charge in [-0.2, -0.15) is 0 Å². The van der Waals surface area contributed by atoms with Crippen LogP contribution < -0.4 is 5.32 Å². The molecule has 0 aromatic carbocycles. The average molecular weight is 286 g/mol. The van der Waals surface area contributed by atoms with Gasteiger partial charge < -0.3 is 9.73 Å². The van der Waals surface area contributed by atoms with Crippen LogP contribution in [-0.2, 0) is 6.54 Å². The first-order valence-corrected chi connectivity index (χ1v) is 7.02. The van der Waals surface area contributed by atoms with Crippen molar-refractivity contribution < 1.29 is 4.42 Å². The van der Waals surface area contributed by atoms with Gasteiger partial charge in [-0.3, -0.25) is 0 Å². The van der Waals surface area contributed by atoms with E-state index in [1.807, 2.05) is 12.1 Å². The van der Waals surface area contributed by atoms with Crippen molar-refractivity contribution in [3.05, 3.63) is 22.6 Å². The highest BCUT2D eigenvalue weighted by Gasteiger charge is 2.19. The van der Waals surface area contributed by atoms with Crippen molar-refractivity contribution in [3.63, 3.8) is 0 Å². The Labute approximate surface area is 106 Å². The molecule has 1 fully saturated rings. The highest BCUT2D eigenvalue weighted by atomic mass is 79.9. The molecule has 1 aromatic rings. The number of rotatable bonds is 4. The summed E-state index contributed by atoms with van der Waals surface area (Å²) in [7, 11) is 0. The summed E-state index contributed by atoms with van der Waals surface area (Å²) < 4.78 is 6.29. The molecular weight excluding hydrogens is 266 g/mol. The summed E-state index contributed by atoms with van der Waals surface area (Å²) in [6, 6.07) is 4.57. The molecule has 1 saturated carbocycles. The molecule has 0 spiro atoms. The maximum absolute atomic E-state index is 5.48. The van der Waals surface area contributed by atoms with Crippen molar-refractivity contribution in [2.45, 2.75) is 51.6 Å². The van der Waals surface area contributed by atoms with Crippen molar-refractivity contribution in [2.24, 2.45) is 5.92 Å². The summed E-state index contributed by atoms with van der Waals surface area (Å²) in [6.07, 6.45) is 7.01. The molecular formula is C13H20BrNO. The topological polar surface area (TPSA) is 25.2 Å². The second kappa shape index (κ2) is 5.87. The van der Waals surface area contributed by atoms with Crippen LogP contribution in [0, 0.1) is 5.92 Å². The van der Waals surface area contributed by atoms with E-state index in [1.165, 1.54) is 32.1 Å². The molecule has 90 valence electrons. The first-order chi connectivity index (χ1) is 7.75. The first-order valence-electron chi connectivity index (χ1n) is 6.23. The number of halogens is 1. The van der Waals surface area contributed by atoms with Crippen molar-refractivity contribution in [1.29, 1.82) is 0 Å². The highest BCUT2D eigenvalue weighted by molar-refractivity contribution is 9.10. The third-order valence-corrected chi connectivity index (χ3v) is 4.01. The minimum Gasteiger partial charge on any atom is -0.453 e. The van der Waals surface area contributed by atoms with Crippen LogP contribution in [0.2, 0.25) is 0 Å². The van der Waals surface area contributed by atoms with Gasteiger partial charge in [-0.25, -0.2) is 0 Å². The Kier molecular flexibility index (Phi) is 4.47. The summed E-state index contributed by atoms with van der Waals surface area (Å²) in [4.78, 5) is 0. The van der Waals surface area contributed by atoms with Crippen LogP contribution in [0.15, 0.2) is 21.2 Å². The molecule has 1 atom stereocenters. The quantitative estimate of drug-likeness (QED) is 0.901. The van der Waals surface area contributed by atoms with Gasteiger partial charge in [-0.1, -0.05) is 19.3 Å². The molecule has 1 aliphatic carbocycles. The van der Waals surface area contributed by atoms with E-state index in [2.05, 4.69) is 28.2 Å². The van der Waals surface area contributed by atoms with Crippen LogP contribution in [0.1, 0.15) is 44.8 Å². The third kappa shape index (κ3) is 3.36. The van der Waals surface area contributed by atoms with Gasteiger partial charge in [-0.05, 0) is 53.7 Å². The van der Waals surface area contributed by atoms with Gasteiger partial charge in [0.1, 0.15) is 5.76 Å². The Bertz CT molecular complexity index is 317. The molecule has 2 nitrogen and oxygen atoms in total. The SMILES string of the molecule is C[C@@H](NCc1ccc(Br)o1)C1CCCCC1. The van der Waals surface area contributed by atoms with E-state index in [9.17, 15) is 0 Å². The fourth-order valence-electron chi connectivity index (χ4n) is 2.51. The van der Waals surface area contributed by atoms with Gasteiger partial charge in [-0.15, -0.1) is 0 Å². The van der Waals surface area contributed by atoms with E-state index in [4.69, 9.17) is 4.42 Å². The second-order valence-corrected chi connectivity index (χ2v) is 5.56. The lowest BCUT2D eigenvalue weighted by Gasteiger charge is -2.28. The van der Waals surface area contributed by atoms with E-state index in [0.717, 1.165) is 22.9 Å². The summed E-state index contributed by atoms with van der Waals surface area (Å²) >= 11 is 3.32. The lowest BCUT2D eigenvalue weighted by Crippen LogP contribution is -2.34. The maximum Gasteiger partial charge on any atom is 0.169 e. The van der Waals surface area contributed by atoms with Crippen LogP contribution in [0.25, 0.3) is 0 Å². The fraction of sp³-hybridized carbons (Fsp3) is 0.692. The zero-order valence-electron chi connectivity index (χ0n) is 9.84. The molecule has 3 heteroatoms. The zero-order valence-corrected chi connectivity index (χ0v) is 11.4. The average Bonchev–Trinajstić information content (AvgIpc) is 2.73. The summed E-state index contributed by atoms with van der Waals surface area (Å²) in [6.45, 7) is 3.14. The second-order valence-electron chi connectivity index (χ2n) is 4.77. The molecule has 0 bridgehead atoms. The van der Waals surface area contributed by atoms with Gasteiger partial charge in [0.25, 0.3) is 0 Å². The fourth-order valence-corrected chi connectivity index (χ4v) is 2.85. The molecule has 16 heavy (non-hydrogen) atoms. The van der Waals surface area contributed by atoms with E-state index < -0.39 is 0 Å². The lowest BCUT2D eigenvalue weighted by atomic mass is 9.84. The van der Waals surface area contributed by atoms with E-state index in [0.29, 0.717) is 6.04 Å². The van der Waals surface area contributed by atoms with Gasteiger partial charge in [0.2, 0.25) is 0 Å². The number of hydrogen-bond donors (Lipinski definition) is 1. The Hall–Kier alpha value is -0.280. The molecule has 1 aromatic heterocycles. The largest absolute Gasteiger partial charge is 0.453 e. The molecule has 1 aliphatic rings. The van der Waals surface area contributed by atoms with Crippen molar-refractivity contribution in [1.82, 2.24) is 5.32 Å². The molecule has 2 rings (SSSR count). The van der Waals surface area contributed by atoms with Crippen LogP contribution in [0.3, 0.4) is 0 Å². The standard InChI is InChI=1S/C13H20BrNO/c1-10(11-5-3-2-4-6-11)15-9-12-7-8-13(14)16-12/h7-8,10-11,15H,2-6,9H2,1H3/t10-/m1/s1. The van der Waals surface area contributed by atoms with Crippen molar-refractivity contribution >= 4 is 15.9 Å². The van der Waals surface area contributed by atoms with E-state index in [-0.39, 0.29) is 0 Å². The lowest BCUT2D eigenvalue weighted by molar-refractivity contribution is 0.275. The van der Waals surface area contributed by atoms with Crippen LogP contribution in [0.5, 0.6) is 0 Å². The minimum atomic E-state index is 0.601. The Morgan fingerprint density at radius 1 is 1.38 bits per heavy atom. The summed E-state index contributed by atoms with van der Waals surface area (Å²) in [5.74, 6) is 1.86. The summed E-state index contributed by atoms with van der Waals surface area (Å²) in [5, 5.41) is 3.57. The Balaban J connectivity index is 1.76. The van der Waals surface area contributed by atoms with Crippen LogP contribution >= 0.6 is 15.9 Å². The predicted molar refractivity (Wildman–Crippen MR) is 69.3 cm³/mol. The number of nitrogens with one attached hydrogen (secondary N) is 1. The van der Waals surface area contributed by atoms with Gasteiger partial charge in [0.05, 0.1) is 6.54 Å². The van der Waals surface area contributed by atoms with E-state index >= 15 is 0 Å². The molecule has 0 aliphatic heterocycles. The minimum absolute atomic E-state index is 0.601. The van der Waals surface area contributed by atoms with Gasteiger partial charge in [0, 0.05) is 6.04 Å². The first kappa shape index (κ1) is 12.2. The normalized spacial score (nSPS) is 19.9. The maximum atomic E-state index is 5.48.